The Labute approximate surface area is 86.3 Å². The van der Waals surface area contributed by atoms with E-state index in [1.807, 2.05) is 0 Å². The van der Waals surface area contributed by atoms with E-state index in [-0.39, 0.29) is 0 Å². The molecule has 2 aliphatic rings. The molecule has 1 aromatic carbocycles. The molecule has 0 heterocycles. The van der Waals surface area contributed by atoms with Crippen LogP contribution in [0.3, 0.4) is 0 Å². The van der Waals surface area contributed by atoms with Crippen molar-refractivity contribution in [2.45, 2.75) is 45.4 Å². The second kappa shape index (κ2) is 3.12. The molecule has 0 amide bonds. The van der Waals surface area contributed by atoms with E-state index >= 15 is 0 Å². The van der Waals surface area contributed by atoms with Crippen molar-refractivity contribution < 1.29 is 0 Å². The van der Waals surface area contributed by atoms with Crippen molar-refractivity contribution in [1.82, 2.24) is 0 Å². The molecule has 1 aromatic rings. The molecule has 0 saturated carbocycles. The summed E-state index contributed by atoms with van der Waals surface area (Å²) in [7, 11) is 0. The monoisotopic (exact) mass is 186 g/mol. The quantitative estimate of drug-likeness (QED) is 0.583. The van der Waals surface area contributed by atoms with Gasteiger partial charge in [0.15, 0.2) is 0 Å². The highest BCUT2D eigenvalue weighted by Crippen LogP contribution is 2.32. The number of fused-ring (bicyclic) bond motifs is 2. The molecular formula is C14H18. The Morgan fingerprint density at radius 1 is 0.857 bits per heavy atom. The van der Waals surface area contributed by atoms with Crippen LogP contribution in [-0.2, 0) is 25.7 Å². The summed E-state index contributed by atoms with van der Waals surface area (Å²) < 4.78 is 0. The Morgan fingerprint density at radius 2 is 1.36 bits per heavy atom. The van der Waals surface area contributed by atoms with Crippen LogP contribution in [0.5, 0.6) is 0 Å². The lowest BCUT2D eigenvalue weighted by atomic mass is 9.89. The average Bonchev–Trinajstić information content (AvgIpc) is 2.53. The van der Waals surface area contributed by atoms with E-state index in [2.05, 4.69) is 19.1 Å². The molecule has 74 valence electrons. The third-order valence-corrected chi connectivity index (χ3v) is 3.80. The largest absolute Gasteiger partial charge is 0.0619 e. The van der Waals surface area contributed by atoms with Crippen LogP contribution in [-0.4, -0.2) is 0 Å². The first-order valence-corrected chi connectivity index (χ1v) is 5.96. The number of rotatable bonds is 0. The molecule has 0 aromatic heterocycles. The minimum Gasteiger partial charge on any atom is -0.0619 e. The maximum atomic E-state index is 2.51. The Kier molecular flexibility index (Phi) is 1.90. The van der Waals surface area contributed by atoms with Crippen LogP contribution in [0.25, 0.3) is 0 Å². The fourth-order valence-electron chi connectivity index (χ4n) is 3.09. The minimum absolute atomic E-state index is 0.883. The van der Waals surface area contributed by atoms with Gasteiger partial charge < -0.3 is 0 Å². The lowest BCUT2D eigenvalue weighted by Gasteiger charge is -2.17. The van der Waals surface area contributed by atoms with Crippen molar-refractivity contribution in [2.75, 3.05) is 0 Å². The van der Waals surface area contributed by atoms with Crippen LogP contribution in [0.1, 0.15) is 42.0 Å². The number of benzene rings is 1. The average molecular weight is 186 g/mol. The van der Waals surface area contributed by atoms with Gasteiger partial charge in [0.1, 0.15) is 0 Å². The third-order valence-electron chi connectivity index (χ3n) is 3.80. The van der Waals surface area contributed by atoms with Crippen LogP contribution in [0.2, 0.25) is 0 Å². The molecule has 0 fully saturated rings. The van der Waals surface area contributed by atoms with Gasteiger partial charge in [-0.2, -0.15) is 0 Å². The number of hydrogen-bond donors (Lipinski definition) is 0. The smallest absolute Gasteiger partial charge is 0.0247 e. The van der Waals surface area contributed by atoms with Gasteiger partial charge in [0.25, 0.3) is 0 Å². The molecule has 0 saturated heterocycles. The Bertz CT molecular complexity index is 328. The summed E-state index contributed by atoms with van der Waals surface area (Å²) in [5.74, 6) is 0.883. The first-order chi connectivity index (χ1) is 6.83. The molecule has 0 atom stereocenters. The van der Waals surface area contributed by atoms with E-state index < -0.39 is 0 Å². The van der Waals surface area contributed by atoms with Gasteiger partial charge in [0.2, 0.25) is 0 Å². The zero-order valence-electron chi connectivity index (χ0n) is 8.97. The standard InChI is InChI=1S/C14H18/c1-10-6-13-8-11-4-2-3-5-12(11)9-14(13)7-10/h8-10H,2-7H2,1H3. The van der Waals surface area contributed by atoms with Gasteiger partial charge in [-0.05, 0) is 66.7 Å². The number of hydrogen-bond acceptors (Lipinski definition) is 0. The highest BCUT2D eigenvalue weighted by Gasteiger charge is 2.20. The molecule has 14 heavy (non-hydrogen) atoms. The van der Waals surface area contributed by atoms with Crippen LogP contribution < -0.4 is 0 Å². The van der Waals surface area contributed by atoms with Gasteiger partial charge in [-0.3, -0.25) is 0 Å². The molecule has 0 heteroatoms. The van der Waals surface area contributed by atoms with Gasteiger partial charge in [0.05, 0.1) is 0 Å². The number of aryl methyl sites for hydroxylation is 2. The molecule has 0 bridgehead atoms. The molecule has 0 radical (unpaired) electrons. The maximum absolute atomic E-state index is 2.51. The topological polar surface area (TPSA) is 0 Å². The Balaban J connectivity index is 2.06. The van der Waals surface area contributed by atoms with Gasteiger partial charge in [0, 0.05) is 0 Å². The van der Waals surface area contributed by atoms with E-state index in [1.54, 1.807) is 22.3 Å². The predicted octanol–water partition coefficient (Wildman–Crippen LogP) is 3.30. The molecule has 2 aliphatic carbocycles. The van der Waals surface area contributed by atoms with Crippen molar-refractivity contribution in [2.24, 2.45) is 5.92 Å². The molecule has 0 spiro atoms. The zero-order chi connectivity index (χ0) is 9.54. The Morgan fingerprint density at radius 3 is 1.86 bits per heavy atom. The fourth-order valence-corrected chi connectivity index (χ4v) is 3.09. The van der Waals surface area contributed by atoms with Crippen LogP contribution in [0, 0.1) is 5.92 Å². The second-order valence-electron chi connectivity index (χ2n) is 5.11. The van der Waals surface area contributed by atoms with Crippen molar-refractivity contribution in [3.8, 4) is 0 Å². The van der Waals surface area contributed by atoms with Crippen molar-refractivity contribution in [3.05, 3.63) is 34.4 Å². The second-order valence-corrected chi connectivity index (χ2v) is 5.11. The van der Waals surface area contributed by atoms with Crippen LogP contribution in [0.4, 0.5) is 0 Å². The van der Waals surface area contributed by atoms with Crippen LogP contribution >= 0.6 is 0 Å². The highest BCUT2D eigenvalue weighted by atomic mass is 14.3. The summed E-state index contributed by atoms with van der Waals surface area (Å²) in [4.78, 5) is 0. The van der Waals surface area contributed by atoms with Crippen LogP contribution in [0.15, 0.2) is 12.1 Å². The summed E-state index contributed by atoms with van der Waals surface area (Å²) in [5, 5.41) is 0. The summed E-state index contributed by atoms with van der Waals surface area (Å²) in [6.45, 7) is 2.37. The summed E-state index contributed by atoms with van der Waals surface area (Å²) in [6, 6.07) is 5.01. The van der Waals surface area contributed by atoms with Gasteiger partial charge in [-0.25, -0.2) is 0 Å². The first-order valence-electron chi connectivity index (χ1n) is 5.96. The summed E-state index contributed by atoms with van der Waals surface area (Å²) in [5.41, 5.74) is 6.62. The van der Waals surface area contributed by atoms with E-state index in [0.717, 1.165) is 5.92 Å². The van der Waals surface area contributed by atoms with E-state index in [4.69, 9.17) is 0 Å². The molecule has 0 N–H and O–H groups in total. The Hall–Kier alpha value is -0.780. The first kappa shape index (κ1) is 8.52. The lowest BCUT2D eigenvalue weighted by Crippen LogP contribution is -2.03. The molecule has 3 rings (SSSR count). The lowest BCUT2D eigenvalue weighted by molar-refractivity contribution is 0.627. The van der Waals surface area contributed by atoms with Crippen molar-refractivity contribution >= 4 is 0 Å². The van der Waals surface area contributed by atoms with Crippen molar-refractivity contribution in [1.29, 1.82) is 0 Å². The predicted molar refractivity (Wildman–Crippen MR) is 59.7 cm³/mol. The molecule has 0 nitrogen and oxygen atoms in total. The molecular weight excluding hydrogens is 168 g/mol. The van der Waals surface area contributed by atoms with E-state index in [1.165, 1.54) is 38.5 Å². The maximum Gasteiger partial charge on any atom is -0.0247 e. The SMILES string of the molecule is CC1Cc2cc3c(cc2C1)CCCC3. The van der Waals surface area contributed by atoms with Gasteiger partial charge in [-0.15, -0.1) is 0 Å². The third kappa shape index (κ3) is 1.28. The minimum atomic E-state index is 0.883. The van der Waals surface area contributed by atoms with Gasteiger partial charge >= 0.3 is 0 Å². The van der Waals surface area contributed by atoms with E-state index in [0.29, 0.717) is 0 Å². The summed E-state index contributed by atoms with van der Waals surface area (Å²) >= 11 is 0. The molecule has 0 aliphatic heterocycles. The fraction of sp³-hybridized carbons (Fsp3) is 0.571. The normalized spacial score (nSPS) is 20.6. The van der Waals surface area contributed by atoms with E-state index in [9.17, 15) is 0 Å². The zero-order valence-corrected chi connectivity index (χ0v) is 8.97. The van der Waals surface area contributed by atoms with Crippen molar-refractivity contribution in [3.63, 3.8) is 0 Å². The molecule has 0 unspecified atom stereocenters. The highest BCUT2D eigenvalue weighted by molar-refractivity contribution is 5.42. The summed E-state index contributed by atoms with van der Waals surface area (Å²) in [6.07, 6.45) is 8.11. The van der Waals surface area contributed by atoms with Gasteiger partial charge in [-0.1, -0.05) is 19.1 Å².